The lowest BCUT2D eigenvalue weighted by molar-refractivity contribution is 0.730. The number of hydrogen-bond donors (Lipinski definition) is 2. The van der Waals surface area contributed by atoms with Crippen LogP contribution >= 0.6 is 11.8 Å². The maximum atomic E-state index is 6.37. The van der Waals surface area contributed by atoms with Gasteiger partial charge in [-0.2, -0.15) is 0 Å². The molecule has 0 spiro atoms. The lowest BCUT2D eigenvalue weighted by atomic mass is 10.1. The van der Waals surface area contributed by atoms with Crippen LogP contribution in [0, 0.1) is 0 Å². The summed E-state index contributed by atoms with van der Waals surface area (Å²) in [5, 5.41) is 1.22. The quantitative estimate of drug-likeness (QED) is 0.704. The minimum atomic E-state index is 0.0455. The van der Waals surface area contributed by atoms with Crippen molar-refractivity contribution < 1.29 is 0 Å². The van der Waals surface area contributed by atoms with Crippen molar-refractivity contribution in [3.8, 4) is 0 Å². The normalized spacial score (nSPS) is 21.2. The number of rotatable bonds is 2. The van der Waals surface area contributed by atoms with Crippen molar-refractivity contribution in [1.82, 2.24) is 19.9 Å². The van der Waals surface area contributed by atoms with E-state index in [2.05, 4.69) is 38.1 Å². The number of fused-ring (bicyclic) bond motifs is 2. The summed E-state index contributed by atoms with van der Waals surface area (Å²) in [4.78, 5) is 15.8. The summed E-state index contributed by atoms with van der Waals surface area (Å²) in [6, 6.07) is 8.43. The molecule has 0 bridgehead atoms. The van der Waals surface area contributed by atoms with Gasteiger partial charge < -0.3 is 10.7 Å². The fourth-order valence-corrected chi connectivity index (χ4v) is 3.90. The van der Waals surface area contributed by atoms with E-state index in [9.17, 15) is 0 Å². The zero-order valence-electron chi connectivity index (χ0n) is 10.7. The summed E-state index contributed by atoms with van der Waals surface area (Å²) in [5.74, 6) is 0. The highest BCUT2D eigenvalue weighted by molar-refractivity contribution is 8.00. The number of aromatic amines is 1. The number of thioether (sulfide) groups is 1. The Morgan fingerprint density at radius 1 is 1.20 bits per heavy atom. The van der Waals surface area contributed by atoms with Crippen molar-refractivity contribution in [3.63, 3.8) is 0 Å². The summed E-state index contributed by atoms with van der Waals surface area (Å²) in [6.45, 7) is 0. The van der Waals surface area contributed by atoms with E-state index in [1.165, 1.54) is 11.1 Å². The number of aromatic nitrogens is 4. The second kappa shape index (κ2) is 4.57. The molecule has 4 rings (SSSR count). The van der Waals surface area contributed by atoms with Crippen LogP contribution < -0.4 is 5.73 Å². The summed E-state index contributed by atoms with van der Waals surface area (Å²) in [7, 11) is 0. The highest BCUT2D eigenvalue weighted by Crippen LogP contribution is 2.40. The molecule has 2 unspecified atom stereocenters. The molecule has 3 aromatic rings. The molecular formula is C14H13N5S. The average molecular weight is 283 g/mol. The van der Waals surface area contributed by atoms with Crippen LogP contribution in [0.4, 0.5) is 0 Å². The number of nitrogens with zero attached hydrogens (tertiary/aromatic N) is 3. The van der Waals surface area contributed by atoms with Crippen molar-refractivity contribution in [3.05, 3.63) is 48.0 Å². The van der Waals surface area contributed by atoms with Gasteiger partial charge in [-0.25, -0.2) is 15.0 Å². The Morgan fingerprint density at radius 3 is 3.00 bits per heavy atom. The molecule has 100 valence electrons. The van der Waals surface area contributed by atoms with Crippen LogP contribution in [0.1, 0.15) is 17.2 Å². The molecule has 0 amide bonds. The van der Waals surface area contributed by atoms with Crippen molar-refractivity contribution in [1.29, 1.82) is 0 Å². The Kier molecular flexibility index (Phi) is 2.71. The van der Waals surface area contributed by atoms with Gasteiger partial charge in [-0.05, 0) is 17.5 Å². The fraction of sp³-hybridized carbons (Fsp3) is 0.214. The van der Waals surface area contributed by atoms with E-state index < -0.39 is 0 Å². The minimum absolute atomic E-state index is 0.0455. The number of nitrogens with one attached hydrogen (secondary N) is 1. The molecule has 0 fully saturated rings. The first-order valence-electron chi connectivity index (χ1n) is 6.47. The molecule has 6 heteroatoms. The molecule has 0 radical (unpaired) electrons. The Labute approximate surface area is 120 Å². The summed E-state index contributed by atoms with van der Waals surface area (Å²) < 4.78 is 0. The van der Waals surface area contributed by atoms with E-state index in [1.807, 2.05) is 6.07 Å². The standard InChI is InChI=1S/C14H13N5S/c15-11-9-4-2-1-3-8(9)5-10(11)20-14-12-13(17-6-16-12)18-7-19-14/h1-4,6-7,10-11H,5,15H2,(H,16,17,18,19). The van der Waals surface area contributed by atoms with E-state index in [4.69, 9.17) is 5.73 Å². The van der Waals surface area contributed by atoms with Crippen LogP contribution in [0.25, 0.3) is 11.2 Å². The molecule has 0 saturated heterocycles. The average Bonchev–Trinajstić information content (AvgIpc) is 3.06. The van der Waals surface area contributed by atoms with Crippen molar-refractivity contribution in [2.75, 3.05) is 0 Å². The van der Waals surface area contributed by atoms with Crippen LogP contribution in [0.2, 0.25) is 0 Å². The zero-order chi connectivity index (χ0) is 13.5. The molecular weight excluding hydrogens is 270 g/mol. The molecule has 2 heterocycles. The summed E-state index contributed by atoms with van der Waals surface area (Å²) in [6.07, 6.45) is 4.17. The summed E-state index contributed by atoms with van der Waals surface area (Å²) >= 11 is 1.70. The first kappa shape index (κ1) is 11.9. The third-order valence-electron chi connectivity index (χ3n) is 3.69. The Balaban J connectivity index is 1.66. The lowest BCUT2D eigenvalue weighted by Crippen LogP contribution is -2.19. The van der Waals surface area contributed by atoms with Gasteiger partial charge in [-0.3, -0.25) is 0 Å². The lowest BCUT2D eigenvalue weighted by Gasteiger charge is -2.14. The van der Waals surface area contributed by atoms with Gasteiger partial charge in [0.2, 0.25) is 0 Å². The Morgan fingerprint density at radius 2 is 2.10 bits per heavy atom. The molecule has 0 aliphatic heterocycles. The fourth-order valence-electron chi connectivity index (χ4n) is 2.68. The predicted octanol–water partition coefficient (Wildman–Crippen LogP) is 2.07. The molecule has 3 N–H and O–H groups in total. The second-order valence-electron chi connectivity index (χ2n) is 4.86. The van der Waals surface area contributed by atoms with Gasteiger partial charge >= 0.3 is 0 Å². The second-order valence-corrected chi connectivity index (χ2v) is 6.09. The smallest absolute Gasteiger partial charge is 0.181 e. The van der Waals surface area contributed by atoms with Crippen molar-refractivity contribution in [2.45, 2.75) is 22.7 Å². The van der Waals surface area contributed by atoms with Gasteiger partial charge in [0.25, 0.3) is 0 Å². The van der Waals surface area contributed by atoms with E-state index in [-0.39, 0.29) is 6.04 Å². The van der Waals surface area contributed by atoms with E-state index in [0.717, 1.165) is 17.0 Å². The number of hydrogen-bond acceptors (Lipinski definition) is 5. The molecule has 5 nitrogen and oxygen atoms in total. The number of nitrogens with two attached hydrogens (primary N) is 1. The number of benzene rings is 1. The maximum Gasteiger partial charge on any atom is 0.181 e. The van der Waals surface area contributed by atoms with E-state index in [1.54, 1.807) is 24.4 Å². The van der Waals surface area contributed by atoms with Crippen molar-refractivity contribution in [2.24, 2.45) is 5.73 Å². The van der Waals surface area contributed by atoms with Gasteiger partial charge in [0, 0.05) is 11.3 Å². The molecule has 0 saturated carbocycles. The maximum absolute atomic E-state index is 6.37. The zero-order valence-corrected chi connectivity index (χ0v) is 11.5. The number of imidazole rings is 1. The Bertz CT molecular complexity index is 769. The SMILES string of the molecule is NC1c2ccccc2CC1Sc1ncnc2nc[nH]c12. The summed E-state index contributed by atoms with van der Waals surface area (Å²) in [5.41, 5.74) is 10.5. The molecule has 2 aromatic heterocycles. The van der Waals surface area contributed by atoms with Gasteiger partial charge in [0.1, 0.15) is 16.9 Å². The largest absolute Gasteiger partial charge is 0.341 e. The first-order valence-corrected chi connectivity index (χ1v) is 7.35. The molecule has 1 aromatic carbocycles. The molecule has 2 atom stereocenters. The Hall–Kier alpha value is -1.92. The predicted molar refractivity (Wildman–Crippen MR) is 78.4 cm³/mol. The van der Waals surface area contributed by atoms with Crippen LogP contribution in [-0.2, 0) is 6.42 Å². The molecule has 1 aliphatic carbocycles. The van der Waals surface area contributed by atoms with Gasteiger partial charge in [0.05, 0.1) is 6.33 Å². The van der Waals surface area contributed by atoms with Crippen molar-refractivity contribution >= 4 is 22.9 Å². The first-order chi connectivity index (χ1) is 9.83. The van der Waals surface area contributed by atoms with Crippen LogP contribution in [0.3, 0.4) is 0 Å². The minimum Gasteiger partial charge on any atom is -0.341 e. The van der Waals surface area contributed by atoms with Gasteiger partial charge in [0.15, 0.2) is 5.65 Å². The third-order valence-corrected chi connectivity index (χ3v) is 4.98. The highest BCUT2D eigenvalue weighted by atomic mass is 32.2. The number of H-pyrrole nitrogens is 1. The monoisotopic (exact) mass is 283 g/mol. The van der Waals surface area contributed by atoms with E-state index >= 15 is 0 Å². The highest BCUT2D eigenvalue weighted by Gasteiger charge is 2.31. The van der Waals surface area contributed by atoms with Crippen LogP contribution in [-0.4, -0.2) is 25.2 Å². The molecule has 20 heavy (non-hydrogen) atoms. The van der Waals surface area contributed by atoms with Crippen LogP contribution in [0.5, 0.6) is 0 Å². The van der Waals surface area contributed by atoms with Crippen LogP contribution in [0.15, 0.2) is 41.9 Å². The topological polar surface area (TPSA) is 80.5 Å². The van der Waals surface area contributed by atoms with E-state index in [0.29, 0.717) is 10.9 Å². The van der Waals surface area contributed by atoms with Gasteiger partial charge in [-0.1, -0.05) is 36.0 Å². The van der Waals surface area contributed by atoms with Gasteiger partial charge in [-0.15, -0.1) is 0 Å². The molecule has 1 aliphatic rings. The third kappa shape index (κ3) is 1.80.